The van der Waals surface area contributed by atoms with Crippen molar-refractivity contribution < 1.29 is 13.2 Å². The van der Waals surface area contributed by atoms with Gasteiger partial charge in [0.15, 0.2) is 0 Å². The molecule has 0 amide bonds. The molecule has 0 unspecified atom stereocenters. The first-order valence-corrected chi connectivity index (χ1v) is 7.88. The van der Waals surface area contributed by atoms with Crippen molar-refractivity contribution in [3.8, 4) is 5.75 Å². The third-order valence-electron chi connectivity index (χ3n) is 2.83. The fraction of sp³-hybridized carbons (Fsp3) is 0.200. The van der Waals surface area contributed by atoms with Crippen LogP contribution in [0.4, 0.5) is 0 Å². The van der Waals surface area contributed by atoms with E-state index in [2.05, 4.69) is 4.72 Å². The summed E-state index contributed by atoms with van der Waals surface area (Å²) in [6.45, 7) is 0.256. The van der Waals surface area contributed by atoms with Crippen LogP contribution in [0.15, 0.2) is 54.6 Å². The highest BCUT2D eigenvalue weighted by molar-refractivity contribution is 7.88. The molecule has 0 saturated heterocycles. The van der Waals surface area contributed by atoms with E-state index < -0.39 is 10.0 Å². The molecule has 1 N–H and O–H groups in total. The molecule has 0 radical (unpaired) electrons. The largest absolute Gasteiger partial charge is 0.497 e. The van der Waals surface area contributed by atoms with Gasteiger partial charge < -0.3 is 4.74 Å². The Balaban J connectivity index is 1.98. The first kappa shape index (κ1) is 14.6. The van der Waals surface area contributed by atoms with Gasteiger partial charge in [0.2, 0.25) is 10.0 Å². The Morgan fingerprint density at radius 2 is 1.70 bits per heavy atom. The molecule has 2 aromatic rings. The van der Waals surface area contributed by atoms with Crippen LogP contribution in [-0.4, -0.2) is 15.5 Å². The van der Waals surface area contributed by atoms with Crippen molar-refractivity contribution in [3.05, 3.63) is 65.7 Å². The fourth-order valence-electron chi connectivity index (χ4n) is 1.82. The van der Waals surface area contributed by atoms with Crippen molar-refractivity contribution >= 4 is 10.0 Å². The number of nitrogens with one attached hydrogen (secondary N) is 1. The number of rotatable bonds is 6. The summed E-state index contributed by atoms with van der Waals surface area (Å²) in [5, 5.41) is 0. The Morgan fingerprint density at radius 1 is 1.00 bits per heavy atom. The number of hydrogen-bond donors (Lipinski definition) is 1. The maximum Gasteiger partial charge on any atom is 0.216 e. The van der Waals surface area contributed by atoms with Crippen molar-refractivity contribution in [3.63, 3.8) is 0 Å². The molecule has 0 heterocycles. The van der Waals surface area contributed by atoms with E-state index in [9.17, 15) is 8.42 Å². The second kappa shape index (κ2) is 6.54. The Labute approximate surface area is 119 Å². The van der Waals surface area contributed by atoms with Gasteiger partial charge in [-0.2, -0.15) is 0 Å². The molecule has 5 heteroatoms. The maximum atomic E-state index is 12.0. The summed E-state index contributed by atoms with van der Waals surface area (Å²) in [7, 11) is -1.76. The van der Waals surface area contributed by atoms with E-state index in [0.29, 0.717) is 5.75 Å². The van der Waals surface area contributed by atoms with Gasteiger partial charge in [-0.15, -0.1) is 0 Å². The average Bonchev–Trinajstić information content (AvgIpc) is 2.46. The standard InChI is InChI=1S/C15H17NO3S/c1-19-15-9-5-8-14(10-15)11-16-20(17,18)12-13-6-3-2-4-7-13/h2-10,16H,11-12H2,1H3. The molecule has 0 aliphatic carbocycles. The van der Waals surface area contributed by atoms with Crippen LogP contribution >= 0.6 is 0 Å². The molecule has 0 saturated carbocycles. The fourth-order valence-corrected chi connectivity index (χ4v) is 2.94. The number of hydrogen-bond acceptors (Lipinski definition) is 3. The normalized spacial score (nSPS) is 11.2. The summed E-state index contributed by atoms with van der Waals surface area (Å²) in [6.07, 6.45) is 0. The molecule has 106 valence electrons. The first-order valence-electron chi connectivity index (χ1n) is 6.23. The molecule has 2 rings (SSSR count). The SMILES string of the molecule is COc1cccc(CNS(=O)(=O)Cc2ccccc2)c1. The van der Waals surface area contributed by atoms with Gasteiger partial charge in [0, 0.05) is 6.54 Å². The van der Waals surface area contributed by atoms with E-state index in [1.54, 1.807) is 19.2 Å². The van der Waals surface area contributed by atoms with Crippen molar-refractivity contribution in [2.75, 3.05) is 7.11 Å². The van der Waals surface area contributed by atoms with Crippen LogP contribution in [0, 0.1) is 0 Å². The van der Waals surface area contributed by atoms with E-state index in [0.717, 1.165) is 11.1 Å². The molecule has 0 fully saturated rings. The number of benzene rings is 2. The summed E-state index contributed by atoms with van der Waals surface area (Å²) < 4.78 is 31.7. The van der Waals surface area contributed by atoms with Gasteiger partial charge >= 0.3 is 0 Å². The Bertz CT molecular complexity index is 654. The Kier molecular flexibility index (Phi) is 4.76. The molecule has 0 spiro atoms. The van der Waals surface area contributed by atoms with E-state index in [1.165, 1.54) is 0 Å². The molecule has 0 bridgehead atoms. The summed E-state index contributed by atoms with van der Waals surface area (Å²) in [5.41, 5.74) is 1.63. The second-order valence-corrected chi connectivity index (χ2v) is 6.22. The van der Waals surface area contributed by atoms with E-state index >= 15 is 0 Å². The van der Waals surface area contributed by atoms with Crippen molar-refractivity contribution in [2.45, 2.75) is 12.3 Å². The van der Waals surface area contributed by atoms with E-state index in [1.807, 2.05) is 42.5 Å². The summed E-state index contributed by atoms with van der Waals surface area (Å²) in [5.74, 6) is 0.697. The van der Waals surface area contributed by atoms with Crippen molar-refractivity contribution in [1.82, 2.24) is 4.72 Å². The van der Waals surface area contributed by atoms with Gasteiger partial charge in [-0.25, -0.2) is 13.1 Å². The lowest BCUT2D eigenvalue weighted by molar-refractivity contribution is 0.414. The van der Waals surface area contributed by atoms with Crippen LogP contribution in [0.3, 0.4) is 0 Å². The van der Waals surface area contributed by atoms with Gasteiger partial charge in [-0.1, -0.05) is 42.5 Å². The summed E-state index contributed by atoms with van der Waals surface area (Å²) in [4.78, 5) is 0. The lowest BCUT2D eigenvalue weighted by Gasteiger charge is -2.08. The molecule has 2 aromatic carbocycles. The first-order chi connectivity index (χ1) is 9.59. The number of methoxy groups -OCH3 is 1. The molecule has 0 aliphatic rings. The summed E-state index contributed by atoms with van der Waals surface area (Å²) in [6, 6.07) is 16.4. The van der Waals surface area contributed by atoms with Crippen LogP contribution in [0.5, 0.6) is 5.75 Å². The molecule has 20 heavy (non-hydrogen) atoms. The molecular formula is C15H17NO3S. The van der Waals surface area contributed by atoms with Crippen molar-refractivity contribution in [1.29, 1.82) is 0 Å². The predicted octanol–water partition coefficient (Wildman–Crippen LogP) is 2.31. The van der Waals surface area contributed by atoms with Gasteiger partial charge in [0.1, 0.15) is 5.75 Å². The average molecular weight is 291 g/mol. The van der Waals surface area contributed by atoms with Crippen LogP contribution < -0.4 is 9.46 Å². The van der Waals surface area contributed by atoms with Crippen LogP contribution in [-0.2, 0) is 22.3 Å². The van der Waals surface area contributed by atoms with Gasteiger partial charge in [-0.05, 0) is 23.3 Å². The highest BCUT2D eigenvalue weighted by Gasteiger charge is 2.11. The Morgan fingerprint density at radius 3 is 2.40 bits per heavy atom. The molecule has 0 aliphatic heterocycles. The van der Waals surface area contributed by atoms with Gasteiger partial charge in [0.05, 0.1) is 12.9 Å². The zero-order valence-electron chi connectivity index (χ0n) is 11.2. The predicted molar refractivity (Wildman–Crippen MR) is 78.9 cm³/mol. The monoisotopic (exact) mass is 291 g/mol. The molecule has 0 atom stereocenters. The van der Waals surface area contributed by atoms with Crippen LogP contribution in [0.25, 0.3) is 0 Å². The second-order valence-electron chi connectivity index (χ2n) is 4.42. The number of sulfonamides is 1. The van der Waals surface area contributed by atoms with E-state index in [-0.39, 0.29) is 12.3 Å². The third-order valence-corrected chi connectivity index (χ3v) is 4.13. The highest BCUT2D eigenvalue weighted by atomic mass is 32.2. The zero-order chi connectivity index (χ0) is 14.4. The van der Waals surface area contributed by atoms with Crippen LogP contribution in [0.1, 0.15) is 11.1 Å². The Hall–Kier alpha value is -1.85. The smallest absolute Gasteiger partial charge is 0.216 e. The highest BCUT2D eigenvalue weighted by Crippen LogP contribution is 2.13. The third kappa shape index (κ3) is 4.36. The van der Waals surface area contributed by atoms with Gasteiger partial charge in [-0.3, -0.25) is 0 Å². The number of ether oxygens (including phenoxy) is 1. The quantitative estimate of drug-likeness (QED) is 0.888. The minimum absolute atomic E-state index is 0.0161. The van der Waals surface area contributed by atoms with Crippen LogP contribution in [0.2, 0.25) is 0 Å². The molecular weight excluding hydrogens is 274 g/mol. The van der Waals surface area contributed by atoms with Gasteiger partial charge in [0.25, 0.3) is 0 Å². The van der Waals surface area contributed by atoms with E-state index in [4.69, 9.17) is 4.74 Å². The molecule has 0 aromatic heterocycles. The lowest BCUT2D eigenvalue weighted by Crippen LogP contribution is -2.24. The summed E-state index contributed by atoms with van der Waals surface area (Å²) >= 11 is 0. The van der Waals surface area contributed by atoms with Crippen molar-refractivity contribution in [2.24, 2.45) is 0 Å². The minimum Gasteiger partial charge on any atom is -0.497 e. The minimum atomic E-state index is -3.34. The lowest BCUT2D eigenvalue weighted by atomic mass is 10.2. The maximum absolute atomic E-state index is 12.0. The molecule has 4 nitrogen and oxygen atoms in total. The zero-order valence-corrected chi connectivity index (χ0v) is 12.1. The topological polar surface area (TPSA) is 55.4 Å².